The number of benzene rings is 1. The lowest BCUT2D eigenvalue weighted by molar-refractivity contribution is 0.745. The molecule has 1 N–H and O–H groups in total. The molecule has 0 aliphatic heterocycles. The summed E-state index contributed by atoms with van der Waals surface area (Å²) in [6, 6.07) is 6.40. The van der Waals surface area contributed by atoms with Crippen molar-refractivity contribution >= 4 is 22.8 Å². The van der Waals surface area contributed by atoms with Gasteiger partial charge in [0.15, 0.2) is 0 Å². The van der Waals surface area contributed by atoms with Crippen LogP contribution in [0.4, 0.5) is 5.69 Å². The maximum Gasteiger partial charge on any atom is 0.0420 e. The van der Waals surface area contributed by atoms with Gasteiger partial charge in [0.25, 0.3) is 0 Å². The van der Waals surface area contributed by atoms with Crippen LogP contribution in [0.2, 0.25) is 0 Å². The lowest BCUT2D eigenvalue weighted by Gasteiger charge is -2.14. The zero-order chi connectivity index (χ0) is 17.2. The normalized spacial score (nSPS) is 11.7. The first-order valence-electron chi connectivity index (χ1n) is 8.39. The predicted octanol–water partition coefficient (Wildman–Crippen LogP) is 6.74. The molecule has 0 atom stereocenters. The van der Waals surface area contributed by atoms with Crippen molar-refractivity contribution in [3.8, 4) is 0 Å². The Labute approximate surface area is 147 Å². The molecule has 0 bridgehead atoms. The topological polar surface area (TPSA) is 12.0 Å². The van der Waals surface area contributed by atoms with E-state index in [2.05, 4.69) is 56.9 Å². The Morgan fingerprint density at radius 3 is 2.70 bits per heavy atom. The largest absolute Gasteiger partial charge is 0.356 e. The van der Waals surface area contributed by atoms with E-state index in [0.29, 0.717) is 0 Å². The number of anilines is 1. The van der Waals surface area contributed by atoms with Gasteiger partial charge < -0.3 is 5.32 Å². The minimum atomic E-state index is 0.917. The molecule has 0 unspecified atom stereocenters. The zero-order valence-electron chi connectivity index (χ0n) is 14.9. The first-order valence-corrected chi connectivity index (χ1v) is 8.80. The molecule has 0 saturated carbocycles. The van der Waals surface area contributed by atoms with Crippen LogP contribution in [0.3, 0.4) is 0 Å². The van der Waals surface area contributed by atoms with Crippen molar-refractivity contribution in [2.45, 2.75) is 53.4 Å². The molecule has 124 valence electrons. The maximum absolute atomic E-state index is 5.59. The highest BCUT2D eigenvalue weighted by Crippen LogP contribution is 2.22. The van der Waals surface area contributed by atoms with Gasteiger partial charge >= 0.3 is 0 Å². The number of unbranched alkanes of at least 4 members (excludes halogenated alkanes) is 2. The highest BCUT2D eigenvalue weighted by Gasteiger charge is 2.06. The number of nitrogens with one attached hydrogen (secondary N) is 1. The third-order valence-corrected chi connectivity index (χ3v) is 4.31. The third-order valence-electron chi connectivity index (χ3n) is 3.87. The first kappa shape index (κ1) is 19.4. The molecule has 0 fully saturated rings. The van der Waals surface area contributed by atoms with Crippen molar-refractivity contribution in [1.82, 2.24) is 0 Å². The molecule has 1 aromatic carbocycles. The van der Waals surface area contributed by atoms with Gasteiger partial charge in [0, 0.05) is 16.2 Å². The van der Waals surface area contributed by atoms with Crippen LogP contribution in [-0.4, -0.2) is 4.86 Å². The Balaban J connectivity index is 2.85. The molecular weight excluding hydrogens is 298 g/mol. The molecule has 1 nitrogen and oxygen atoms in total. The van der Waals surface area contributed by atoms with Gasteiger partial charge in [-0.2, -0.15) is 0 Å². The molecule has 23 heavy (non-hydrogen) atoms. The second-order valence-corrected chi connectivity index (χ2v) is 6.38. The van der Waals surface area contributed by atoms with Crippen LogP contribution in [-0.2, 0) is 0 Å². The fourth-order valence-electron chi connectivity index (χ4n) is 2.21. The van der Waals surface area contributed by atoms with Crippen LogP contribution >= 0.6 is 12.2 Å². The summed E-state index contributed by atoms with van der Waals surface area (Å²) >= 11 is 5.59. The van der Waals surface area contributed by atoms with Gasteiger partial charge in [0.1, 0.15) is 0 Å². The zero-order valence-corrected chi connectivity index (χ0v) is 15.7. The van der Waals surface area contributed by atoms with Crippen LogP contribution in [0, 0.1) is 6.92 Å². The summed E-state index contributed by atoms with van der Waals surface area (Å²) < 4.78 is 0. The molecule has 0 heterocycles. The van der Waals surface area contributed by atoms with E-state index in [1.165, 1.54) is 24.8 Å². The summed E-state index contributed by atoms with van der Waals surface area (Å²) in [6.07, 6.45) is 10.7. The van der Waals surface area contributed by atoms with Gasteiger partial charge in [0.05, 0.1) is 0 Å². The van der Waals surface area contributed by atoms with Gasteiger partial charge in [-0.3, -0.25) is 0 Å². The number of hydrogen-bond acceptors (Lipinski definition) is 2. The second kappa shape index (κ2) is 10.2. The second-order valence-electron chi connectivity index (χ2n) is 5.89. The lowest BCUT2D eigenvalue weighted by atomic mass is 10.0. The molecule has 0 saturated heterocycles. The molecule has 0 aromatic heterocycles. The average Bonchev–Trinajstić information content (AvgIpc) is 2.54. The molecule has 0 aliphatic carbocycles. The fourth-order valence-corrected chi connectivity index (χ4v) is 2.48. The van der Waals surface area contributed by atoms with Gasteiger partial charge in [0.2, 0.25) is 0 Å². The summed E-state index contributed by atoms with van der Waals surface area (Å²) in [7, 11) is 0. The lowest BCUT2D eigenvalue weighted by Crippen LogP contribution is -2.04. The van der Waals surface area contributed by atoms with Crippen molar-refractivity contribution in [3.63, 3.8) is 0 Å². The third kappa shape index (κ3) is 6.54. The molecule has 1 rings (SSSR count). The molecular formula is C21H29NS. The molecule has 0 amide bonds. The molecule has 0 aliphatic rings. The van der Waals surface area contributed by atoms with Gasteiger partial charge in [-0.15, -0.1) is 0 Å². The minimum absolute atomic E-state index is 0.917. The van der Waals surface area contributed by atoms with Crippen molar-refractivity contribution in [3.05, 3.63) is 65.4 Å². The predicted molar refractivity (Wildman–Crippen MR) is 108 cm³/mol. The Morgan fingerprint density at radius 2 is 2.04 bits per heavy atom. The number of hydrogen-bond donors (Lipinski definition) is 1. The van der Waals surface area contributed by atoms with E-state index < -0.39 is 0 Å². The van der Waals surface area contributed by atoms with Crippen molar-refractivity contribution in [2.24, 2.45) is 0 Å². The van der Waals surface area contributed by atoms with Crippen LogP contribution in [0.5, 0.6) is 0 Å². The quantitative estimate of drug-likeness (QED) is 0.233. The maximum atomic E-state index is 5.59. The molecule has 2 heteroatoms. The minimum Gasteiger partial charge on any atom is -0.356 e. The van der Waals surface area contributed by atoms with E-state index >= 15 is 0 Å². The first-order chi connectivity index (χ1) is 11.0. The van der Waals surface area contributed by atoms with Crippen LogP contribution in [0.15, 0.2) is 54.3 Å². The van der Waals surface area contributed by atoms with Crippen LogP contribution in [0.1, 0.15) is 57.6 Å². The van der Waals surface area contributed by atoms with Crippen LogP contribution in [0.25, 0.3) is 0 Å². The SMILES string of the molecule is C=C(Nc1cc(C(=S)CCCCC)ccc1C)/C(C)=C/C=C\C. The van der Waals surface area contributed by atoms with E-state index in [-0.39, 0.29) is 0 Å². The number of allylic oxidation sites excluding steroid dienone is 4. The molecule has 0 spiro atoms. The Hall–Kier alpha value is -1.67. The summed E-state index contributed by atoms with van der Waals surface area (Å²) in [5.41, 5.74) is 5.47. The van der Waals surface area contributed by atoms with Crippen molar-refractivity contribution in [1.29, 1.82) is 0 Å². The van der Waals surface area contributed by atoms with Crippen LogP contribution < -0.4 is 5.32 Å². The average molecular weight is 328 g/mol. The fraction of sp³-hybridized carbons (Fsp3) is 0.381. The summed E-state index contributed by atoms with van der Waals surface area (Å²) in [5, 5.41) is 3.43. The van der Waals surface area contributed by atoms with Crippen molar-refractivity contribution in [2.75, 3.05) is 5.32 Å². The van der Waals surface area contributed by atoms with E-state index in [9.17, 15) is 0 Å². The summed E-state index contributed by atoms with van der Waals surface area (Å²) in [4.78, 5) is 1.05. The molecule has 1 aromatic rings. The number of rotatable bonds is 9. The number of thiocarbonyl (C=S) groups is 1. The number of aryl methyl sites for hydroxylation is 1. The Bertz CT molecular complexity index is 608. The standard InChI is InChI=1S/C21H29NS/c1-6-8-10-12-21(23)19-14-13-17(4)20(15-19)22-18(5)16(3)11-9-7-2/h7,9,11,13-15,22H,5-6,8,10,12H2,1-4H3/b9-7-,16-11+. The van der Waals surface area contributed by atoms with Gasteiger partial charge in [-0.1, -0.05) is 68.9 Å². The van der Waals surface area contributed by atoms with E-state index in [1.807, 2.05) is 19.1 Å². The molecule has 0 radical (unpaired) electrons. The van der Waals surface area contributed by atoms with E-state index in [1.54, 1.807) is 0 Å². The van der Waals surface area contributed by atoms with Crippen molar-refractivity contribution < 1.29 is 0 Å². The highest BCUT2D eigenvalue weighted by atomic mass is 32.1. The highest BCUT2D eigenvalue weighted by molar-refractivity contribution is 7.80. The van der Waals surface area contributed by atoms with Gasteiger partial charge in [-0.05, 0) is 56.4 Å². The summed E-state index contributed by atoms with van der Waals surface area (Å²) in [6.45, 7) is 12.5. The van der Waals surface area contributed by atoms with Gasteiger partial charge in [-0.25, -0.2) is 0 Å². The van der Waals surface area contributed by atoms with E-state index in [4.69, 9.17) is 12.2 Å². The van der Waals surface area contributed by atoms with E-state index in [0.717, 1.165) is 33.8 Å². The summed E-state index contributed by atoms with van der Waals surface area (Å²) in [5.74, 6) is 0. The Morgan fingerprint density at radius 1 is 1.30 bits per heavy atom. The Kier molecular flexibility index (Phi) is 8.57. The monoisotopic (exact) mass is 327 g/mol. The smallest absolute Gasteiger partial charge is 0.0420 e.